The summed E-state index contributed by atoms with van der Waals surface area (Å²) in [5.41, 5.74) is 0. The molecular formula is C12H26N2. The molecule has 14 heavy (non-hydrogen) atoms. The minimum atomic E-state index is 0.833. The monoisotopic (exact) mass is 198 g/mol. The molecule has 0 aliphatic carbocycles. The number of rotatable bonds is 6. The fourth-order valence-electron chi connectivity index (χ4n) is 1.97. The fourth-order valence-corrected chi connectivity index (χ4v) is 1.97. The van der Waals surface area contributed by atoms with Gasteiger partial charge in [0, 0.05) is 0 Å². The highest BCUT2D eigenvalue weighted by Crippen LogP contribution is 2.12. The van der Waals surface area contributed by atoms with E-state index in [0.29, 0.717) is 0 Å². The van der Waals surface area contributed by atoms with Gasteiger partial charge in [0.15, 0.2) is 0 Å². The maximum absolute atomic E-state index is 3.56. The minimum absolute atomic E-state index is 0.833. The predicted octanol–water partition coefficient (Wildman–Crippen LogP) is 2.01. The van der Waals surface area contributed by atoms with Crippen molar-refractivity contribution in [3.63, 3.8) is 0 Å². The van der Waals surface area contributed by atoms with Crippen molar-refractivity contribution in [2.45, 2.75) is 39.5 Å². The molecule has 1 rings (SSSR count). The van der Waals surface area contributed by atoms with E-state index < -0.39 is 0 Å². The first-order chi connectivity index (χ1) is 6.83. The molecule has 1 heterocycles. The van der Waals surface area contributed by atoms with Gasteiger partial charge in [-0.25, -0.2) is 0 Å². The van der Waals surface area contributed by atoms with Crippen molar-refractivity contribution in [1.29, 1.82) is 0 Å². The molecule has 1 aliphatic rings. The average molecular weight is 198 g/mol. The molecule has 0 aromatic heterocycles. The van der Waals surface area contributed by atoms with Gasteiger partial charge in [0.1, 0.15) is 0 Å². The van der Waals surface area contributed by atoms with Gasteiger partial charge in [0.05, 0.1) is 0 Å². The summed E-state index contributed by atoms with van der Waals surface area (Å²) in [5.74, 6) is 1.76. The predicted molar refractivity (Wildman–Crippen MR) is 62.5 cm³/mol. The lowest BCUT2D eigenvalue weighted by molar-refractivity contribution is 0.347. The third-order valence-corrected chi connectivity index (χ3v) is 3.32. The maximum Gasteiger partial charge on any atom is -0.00200 e. The van der Waals surface area contributed by atoms with Crippen LogP contribution in [0.15, 0.2) is 0 Å². The van der Waals surface area contributed by atoms with Gasteiger partial charge in [-0.15, -0.1) is 0 Å². The molecule has 1 fully saturated rings. The number of piperidine rings is 1. The van der Waals surface area contributed by atoms with E-state index in [1.807, 2.05) is 0 Å². The smallest absolute Gasteiger partial charge is 0.00200 e. The lowest BCUT2D eigenvalue weighted by atomic mass is 9.96. The van der Waals surface area contributed by atoms with Crippen LogP contribution in [0.4, 0.5) is 0 Å². The Hall–Kier alpha value is -0.0800. The second-order valence-electron chi connectivity index (χ2n) is 4.72. The van der Waals surface area contributed by atoms with Crippen LogP contribution in [0, 0.1) is 11.8 Å². The van der Waals surface area contributed by atoms with Crippen LogP contribution in [0.2, 0.25) is 0 Å². The van der Waals surface area contributed by atoms with Crippen LogP contribution in [0.1, 0.15) is 39.5 Å². The molecule has 84 valence electrons. The molecule has 0 aromatic carbocycles. The van der Waals surface area contributed by atoms with Gasteiger partial charge in [0.2, 0.25) is 0 Å². The van der Waals surface area contributed by atoms with E-state index in [1.165, 1.54) is 51.9 Å². The van der Waals surface area contributed by atoms with E-state index >= 15 is 0 Å². The number of hydrogen-bond acceptors (Lipinski definition) is 2. The van der Waals surface area contributed by atoms with Crippen LogP contribution in [-0.4, -0.2) is 26.2 Å². The van der Waals surface area contributed by atoms with Crippen molar-refractivity contribution >= 4 is 0 Å². The van der Waals surface area contributed by atoms with Gasteiger partial charge in [0.25, 0.3) is 0 Å². The summed E-state index contributed by atoms with van der Waals surface area (Å²) in [6, 6.07) is 0. The second kappa shape index (κ2) is 7.24. The zero-order valence-corrected chi connectivity index (χ0v) is 9.81. The Morgan fingerprint density at radius 2 is 2.36 bits per heavy atom. The van der Waals surface area contributed by atoms with Crippen molar-refractivity contribution in [1.82, 2.24) is 10.6 Å². The Balaban J connectivity index is 1.92. The molecule has 0 aromatic rings. The van der Waals surface area contributed by atoms with Gasteiger partial charge in [-0.1, -0.05) is 20.3 Å². The van der Waals surface area contributed by atoms with Gasteiger partial charge < -0.3 is 10.6 Å². The van der Waals surface area contributed by atoms with Gasteiger partial charge in [-0.3, -0.25) is 0 Å². The van der Waals surface area contributed by atoms with Crippen molar-refractivity contribution in [2.24, 2.45) is 11.8 Å². The van der Waals surface area contributed by atoms with Crippen LogP contribution in [0.25, 0.3) is 0 Å². The largest absolute Gasteiger partial charge is 0.316 e. The standard InChI is InChI=1S/C12H26N2/c1-3-11(2)9-14-8-6-12-5-4-7-13-10-12/h11-14H,3-10H2,1-2H3. The molecule has 0 spiro atoms. The van der Waals surface area contributed by atoms with Gasteiger partial charge in [-0.05, 0) is 57.3 Å². The molecule has 2 atom stereocenters. The Morgan fingerprint density at radius 3 is 3.00 bits per heavy atom. The third kappa shape index (κ3) is 4.97. The summed E-state index contributed by atoms with van der Waals surface area (Å²) in [7, 11) is 0. The van der Waals surface area contributed by atoms with Crippen molar-refractivity contribution < 1.29 is 0 Å². The van der Waals surface area contributed by atoms with E-state index in [2.05, 4.69) is 24.5 Å². The van der Waals surface area contributed by atoms with E-state index in [1.54, 1.807) is 0 Å². The highest BCUT2D eigenvalue weighted by Gasteiger charge is 2.11. The molecule has 0 amide bonds. The molecule has 2 N–H and O–H groups in total. The summed E-state index contributed by atoms with van der Waals surface area (Å²) in [6.07, 6.45) is 5.44. The first-order valence-electron chi connectivity index (χ1n) is 6.24. The first-order valence-corrected chi connectivity index (χ1v) is 6.24. The molecule has 2 nitrogen and oxygen atoms in total. The molecule has 0 bridgehead atoms. The SMILES string of the molecule is CCC(C)CNCCC1CCCNC1. The molecule has 1 saturated heterocycles. The first kappa shape index (κ1) is 12.0. The topological polar surface area (TPSA) is 24.1 Å². The van der Waals surface area contributed by atoms with Crippen LogP contribution in [0.5, 0.6) is 0 Å². The quantitative estimate of drug-likeness (QED) is 0.638. The summed E-state index contributed by atoms with van der Waals surface area (Å²) < 4.78 is 0. The fraction of sp³-hybridized carbons (Fsp3) is 1.00. The van der Waals surface area contributed by atoms with E-state index in [9.17, 15) is 0 Å². The summed E-state index contributed by atoms with van der Waals surface area (Å²) in [4.78, 5) is 0. The van der Waals surface area contributed by atoms with Gasteiger partial charge in [-0.2, -0.15) is 0 Å². The van der Waals surface area contributed by atoms with Gasteiger partial charge >= 0.3 is 0 Å². The molecular weight excluding hydrogens is 172 g/mol. The summed E-state index contributed by atoms with van der Waals surface area (Å²) in [5, 5.41) is 7.02. The van der Waals surface area contributed by atoms with Crippen LogP contribution >= 0.6 is 0 Å². The number of hydrogen-bond donors (Lipinski definition) is 2. The molecule has 2 heteroatoms. The number of nitrogens with one attached hydrogen (secondary N) is 2. The highest BCUT2D eigenvalue weighted by atomic mass is 14.9. The maximum atomic E-state index is 3.56. The van der Waals surface area contributed by atoms with Crippen LogP contribution < -0.4 is 10.6 Å². The molecule has 2 unspecified atom stereocenters. The van der Waals surface area contributed by atoms with Crippen molar-refractivity contribution in [3.05, 3.63) is 0 Å². The van der Waals surface area contributed by atoms with Crippen molar-refractivity contribution in [2.75, 3.05) is 26.2 Å². The lowest BCUT2D eigenvalue weighted by Gasteiger charge is -2.23. The van der Waals surface area contributed by atoms with Crippen LogP contribution in [0.3, 0.4) is 0 Å². The average Bonchev–Trinajstić information content (AvgIpc) is 2.25. The zero-order chi connectivity index (χ0) is 10.2. The van der Waals surface area contributed by atoms with E-state index in [0.717, 1.165) is 11.8 Å². The minimum Gasteiger partial charge on any atom is -0.316 e. The summed E-state index contributed by atoms with van der Waals surface area (Å²) >= 11 is 0. The lowest BCUT2D eigenvalue weighted by Crippen LogP contribution is -2.32. The van der Waals surface area contributed by atoms with Crippen molar-refractivity contribution in [3.8, 4) is 0 Å². The van der Waals surface area contributed by atoms with E-state index in [4.69, 9.17) is 0 Å². The van der Waals surface area contributed by atoms with E-state index in [-0.39, 0.29) is 0 Å². The Morgan fingerprint density at radius 1 is 1.50 bits per heavy atom. The Bertz CT molecular complexity index is 130. The van der Waals surface area contributed by atoms with Crippen LogP contribution in [-0.2, 0) is 0 Å². The Kier molecular flexibility index (Phi) is 6.20. The summed E-state index contributed by atoms with van der Waals surface area (Å²) in [6.45, 7) is 9.45. The third-order valence-electron chi connectivity index (χ3n) is 3.32. The Labute approximate surface area is 88.8 Å². The molecule has 0 radical (unpaired) electrons. The second-order valence-corrected chi connectivity index (χ2v) is 4.72. The normalized spacial score (nSPS) is 24.9. The zero-order valence-electron chi connectivity index (χ0n) is 9.81. The molecule has 0 saturated carbocycles. The highest BCUT2D eigenvalue weighted by molar-refractivity contribution is 4.69. The molecule has 1 aliphatic heterocycles.